The quantitative estimate of drug-likeness (QED) is 0.377. The highest BCUT2D eigenvalue weighted by Gasteiger charge is 2.50. The van der Waals surface area contributed by atoms with Crippen LogP contribution in [0, 0.1) is 36.4 Å². The molecule has 2 aromatic rings. The van der Waals surface area contributed by atoms with Crippen LogP contribution in [0.15, 0.2) is 42.5 Å². The molecule has 1 saturated carbocycles. The van der Waals surface area contributed by atoms with Crippen LogP contribution in [0.4, 0.5) is 15.8 Å². The van der Waals surface area contributed by atoms with Crippen LogP contribution in [0.25, 0.3) is 0 Å². The van der Waals surface area contributed by atoms with Crippen molar-refractivity contribution in [2.75, 3.05) is 16.3 Å². The van der Waals surface area contributed by atoms with Gasteiger partial charge in [0.05, 0.1) is 23.4 Å². The molecule has 3 amide bonds. The summed E-state index contributed by atoms with van der Waals surface area (Å²) < 4.78 is 18.7. The van der Waals surface area contributed by atoms with Crippen molar-refractivity contribution >= 4 is 35.1 Å². The van der Waals surface area contributed by atoms with Crippen molar-refractivity contribution in [3.63, 3.8) is 0 Å². The monoisotopic (exact) mass is 478 g/mol. The fourth-order valence-corrected chi connectivity index (χ4v) is 5.50. The Morgan fingerprint density at radius 2 is 1.71 bits per heavy atom. The van der Waals surface area contributed by atoms with Gasteiger partial charge in [-0.2, -0.15) is 0 Å². The van der Waals surface area contributed by atoms with E-state index >= 15 is 0 Å². The number of hydrogen-bond acceptors (Lipinski definition) is 5. The molecule has 5 rings (SSSR count). The van der Waals surface area contributed by atoms with Gasteiger partial charge < -0.3 is 9.64 Å². The minimum atomic E-state index is -0.653. The molecular weight excluding hydrogens is 451 g/mol. The fourth-order valence-electron chi connectivity index (χ4n) is 5.50. The van der Waals surface area contributed by atoms with Crippen LogP contribution in [0.2, 0.25) is 0 Å². The molecule has 182 valence electrons. The fraction of sp³-hybridized carbons (Fsp3) is 0.407. The van der Waals surface area contributed by atoms with Crippen molar-refractivity contribution in [1.29, 1.82) is 0 Å². The Kier molecular flexibility index (Phi) is 5.91. The highest BCUT2D eigenvalue weighted by Crippen LogP contribution is 2.43. The van der Waals surface area contributed by atoms with E-state index in [-0.39, 0.29) is 48.3 Å². The van der Waals surface area contributed by atoms with E-state index in [1.165, 1.54) is 34.1 Å². The van der Waals surface area contributed by atoms with Crippen LogP contribution in [0.3, 0.4) is 0 Å². The number of aryl methyl sites for hydroxylation is 1. The topological polar surface area (TPSA) is 84.0 Å². The number of nitrogens with zero attached hydrogens (tertiary/aromatic N) is 2. The maximum absolute atomic E-state index is 13.2. The molecule has 0 N–H and O–H groups in total. The number of fused-ring (bicyclic) bond motifs is 1. The zero-order valence-electron chi connectivity index (χ0n) is 19.7. The zero-order valence-corrected chi connectivity index (χ0v) is 19.7. The second-order valence-electron chi connectivity index (χ2n) is 9.89. The van der Waals surface area contributed by atoms with Crippen molar-refractivity contribution < 1.29 is 28.3 Å². The van der Waals surface area contributed by atoms with Gasteiger partial charge in [0.2, 0.25) is 17.7 Å². The molecule has 35 heavy (non-hydrogen) atoms. The molecule has 4 atom stereocenters. The Morgan fingerprint density at radius 3 is 2.43 bits per heavy atom. The molecule has 2 heterocycles. The first-order valence-electron chi connectivity index (χ1n) is 12.0. The number of imide groups is 1. The van der Waals surface area contributed by atoms with Crippen molar-refractivity contribution in [2.24, 2.45) is 23.7 Å². The molecule has 0 bridgehead atoms. The van der Waals surface area contributed by atoms with Crippen LogP contribution in [0.5, 0.6) is 5.75 Å². The van der Waals surface area contributed by atoms with Gasteiger partial charge in [-0.25, -0.2) is 9.29 Å². The summed E-state index contributed by atoms with van der Waals surface area (Å²) >= 11 is 0. The summed E-state index contributed by atoms with van der Waals surface area (Å²) in [5, 5.41) is 0. The van der Waals surface area contributed by atoms with Gasteiger partial charge in [0.15, 0.2) is 0 Å². The maximum Gasteiger partial charge on any atom is 0.316 e. The number of halogens is 1. The predicted octanol–water partition coefficient (Wildman–Crippen LogP) is 4.02. The number of carbonyl (C=O) groups excluding carboxylic acids is 4. The lowest BCUT2D eigenvalue weighted by atomic mass is 9.76. The second-order valence-corrected chi connectivity index (χ2v) is 9.89. The van der Waals surface area contributed by atoms with Gasteiger partial charge in [-0.15, -0.1) is 0 Å². The first kappa shape index (κ1) is 23.2. The summed E-state index contributed by atoms with van der Waals surface area (Å²) in [4.78, 5) is 54.0. The number of esters is 1. The van der Waals surface area contributed by atoms with E-state index in [4.69, 9.17) is 4.74 Å². The summed E-state index contributed by atoms with van der Waals surface area (Å²) in [7, 11) is 0. The summed E-state index contributed by atoms with van der Waals surface area (Å²) in [5.74, 6) is -1.91. The lowest BCUT2D eigenvalue weighted by Gasteiger charge is -2.25. The molecule has 0 radical (unpaired) electrons. The van der Waals surface area contributed by atoms with Gasteiger partial charge in [0.25, 0.3) is 0 Å². The van der Waals surface area contributed by atoms with E-state index in [1.54, 1.807) is 25.1 Å². The standard InChI is InChI=1S/C27H27FN2O5/c1-15-3-9-21-22(11-15)26(33)30(25(21)32)23-10-8-20(12-16(23)2)35-27(34)17-13-24(31)29(14-17)19-6-4-18(28)5-7-19/h4-8,10,12,15,17,21-22H,3,9,11,13-14H2,1-2H3/t15-,17-,21-,22+/m1/s1. The van der Waals surface area contributed by atoms with E-state index in [1.807, 2.05) is 0 Å². The smallest absolute Gasteiger partial charge is 0.316 e. The van der Waals surface area contributed by atoms with Crippen molar-refractivity contribution in [2.45, 2.75) is 39.5 Å². The van der Waals surface area contributed by atoms with Crippen LogP contribution >= 0.6 is 0 Å². The Bertz CT molecular complexity index is 1210. The van der Waals surface area contributed by atoms with Crippen molar-refractivity contribution in [3.05, 3.63) is 53.8 Å². The predicted molar refractivity (Wildman–Crippen MR) is 126 cm³/mol. The molecule has 3 aliphatic rings. The molecule has 8 heteroatoms. The third kappa shape index (κ3) is 4.22. The van der Waals surface area contributed by atoms with E-state index in [9.17, 15) is 23.6 Å². The van der Waals surface area contributed by atoms with E-state index < -0.39 is 17.7 Å². The number of anilines is 2. The van der Waals surface area contributed by atoms with Gasteiger partial charge in [-0.05, 0) is 80.1 Å². The number of amides is 3. The number of hydrogen-bond donors (Lipinski definition) is 0. The van der Waals surface area contributed by atoms with E-state index in [2.05, 4.69) is 6.92 Å². The Morgan fingerprint density at radius 1 is 1.00 bits per heavy atom. The molecule has 0 unspecified atom stereocenters. The SMILES string of the molecule is Cc1cc(OC(=O)[C@@H]2CC(=O)N(c3ccc(F)cc3)C2)ccc1N1C(=O)[C@H]2C[C@H](C)CC[C@H]2C1=O. The van der Waals surface area contributed by atoms with Crippen LogP contribution in [-0.2, 0) is 19.2 Å². The van der Waals surface area contributed by atoms with Gasteiger partial charge >= 0.3 is 5.97 Å². The molecule has 7 nitrogen and oxygen atoms in total. The molecule has 2 aromatic carbocycles. The summed E-state index contributed by atoms with van der Waals surface area (Å²) in [6, 6.07) is 10.4. The summed E-state index contributed by atoms with van der Waals surface area (Å²) in [6.07, 6.45) is 2.42. The Balaban J connectivity index is 1.27. The third-order valence-corrected chi connectivity index (χ3v) is 7.41. The largest absolute Gasteiger partial charge is 0.426 e. The zero-order chi connectivity index (χ0) is 24.9. The molecule has 3 fully saturated rings. The van der Waals surface area contributed by atoms with Gasteiger partial charge in [0, 0.05) is 18.7 Å². The molecule has 0 spiro atoms. The minimum absolute atomic E-state index is 0.00521. The Hall–Kier alpha value is -3.55. The Labute approximate surface area is 202 Å². The lowest BCUT2D eigenvalue weighted by Crippen LogP contribution is -2.31. The average molecular weight is 479 g/mol. The lowest BCUT2D eigenvalue weighted by molar-refractivity contribution is -0.139. The molecule has 2 saturated heterocycles. The van der Waals surface area contributed by atoms with E-state index in [0.29, 0.717) is 22.9 Å². The van der Waals surface area contributed by atoms with E-state index in [0.717, 1.165) is 19.3 Å². The normalized spacial score (nSPS) is 26.3. The van der Waals surface area contributed by atoms with Crippen molar-refractivity contribution in [3.8, 4) is 5.75 Å². The molecule has 0 aromatic heterocycles. The van der Waals surface area contributed by atoms with Crippen LogP contribution in [-0.4, -0.2) is 30.2 Å². The van der Waals surface area contributed by atoms with Crippen molar-refractivity contribution in [1.82, 2.24) is 0 Å². The third-order valence-electron chi connectivity index (χ3n) is 7.41. The summed E-state index contributed by atoms with van der Waals surface area (Å²) in [5.41, 5.74) is 1.70. The highest BCUT2D eigenvalue weighted by molar-refractivity contribution is 6.22. The number of ether oxygens (including phenoxy) is 1. The summed E-state index contributed by atoms with van der Waals surface area (Å²) in [6.45, 7) is 4.04. The number of carbonyl (C=O) groups is 4. The maximum atomic E-state index is 13.2. The number of benzene rings is 2. The van der Waals surface area contributed by atoms with Gasteiger partial charge in [0.1, 0.15) is 11.6 Å². The minimum Gasteiger partial charge on any atom is -0.426 e. The second kappa shape index (κ2) is 8.91. The van der Waals surface area contributed by atoms with Crippen LogP contribution in [0.1, 0.15) is 38.2 Å². The molecule has 2 aliphatic heterocycles. The first-order valence-corrected chi connectivity index (χ1v) is 12.0. The number of rotatable bonds is 4. The molecule has 1 aliphatic carbocycles. The average Bonchev–Trinajstić information content (AvgIpc) is 3.32. The van der Waals surface area contributed by atoms with Gasteiger partial charge in [-0.3, -0.25) is 19.2 Å². The first-order chi connectivity index (χ1) is 16.7. The van der Waals surface area contributed by atoms with Crippen LogP contribution < -0.4 is 14.5 Å². The molecular formula is C27H27FN2O5. The highest BCUT2D eigenvalue weighted by atomic mass is 19.1. The van der Waals surface area contributed by atoms with Gasteiger partial charge in [-0.1, -0.05) is 6.92 Å².